The van der Waals surface area contributed by atoms with Crippen molar-refractivity contribution in [2.45, 2.75) is 19.8 Å². The van der Waals surface area contributed by atoms with Crippen LogP contribution in [0.5, 0.6) is 0 Å². The molecule has 0 unspecified atom stereocenters. The van der Waals surface area contributed by atoms with E-state index in [0.717, 1.165) is 5.56 Å². The number of rotatable bonds is 4. The zero-order valence-electron chi connectivity index (χ0n) is 10.9. The molecular weight excluding hydrogens is 260 g/mol. The van der Waals surface area contributed by atoms with Gasteiger partial charge in [-0.2, -0.15) is 4.98 Å². The van der Waals surface area contributed by atoms with E-state index in [2.05, 4.69) is 21.0 Å². The molecule has 0 saturated carbocycles. The fraction of sp³-hybridized carbons (Fsp3) is 0.231. The van der Waals surface area contributed by atoms with Gasteiger partial charge in [0, 0.05) is 25.3 Å². The minimum absolute atomic E-state index is 0.150. The number of aromatic nitrogens is 2. The zero-order chi connectivity index (χ0) is 14.4. The summed E-state index contributed by atoms with van der Waals surface area (Å²) in [5, 5.41) is 3.85. The SMILES string of the molecule is CC(=O)NNC(=O)CCc1nc(-c2ccccc2)no1. The molecule has 2 aromatic rings. The Bertz CT molecular complexity index is 595. The maximum Gasteiger partial charge on any atom is 0.238 e. The normalized spacial score (nSPS) is 10.1. The van der Waals surface area contributed by atoms with Crippen LogP contribution in [0.3, 0.4) is 0 Å². The van der Waals surface area contributed by atoms with Gasteiger partial charge in [0.25, 0.3) is 0 Å². The minimum Gasteiger partial charge on any atom is -0.339 e. The predicted octanol–water partition coefficient (Wildman–Crippen LogP) is 0.836. The minimum atomic E-state index is -0.331. The molecule has 1 heterocycles. The second kappa shape index (κ2) is 6.46. The Hall–Kier alpha value is -2.70. The van der Waals surface area contributed by atoms with Crippen LogP contribution in [0.15, 0.2) is 34.9 Å². The summed E-state index contributed by atoms with van der Waals surface area (Å²) in [6.45, 7) is 1.31. The molecule has 1 aromatic heterocycles. The third kappa shape index (κ3) is 3.91. The van der Waals surface area contributed by atoms with Crippen LogP contribution in [0.4, 0.5) is 0 Å². The topological polar surface area (TPSA) is 97.1 Å². The highest BCUT2D eigenvalue weighted by molar-refractivity contribution is 5.80. The lowest BCUT2D eigenvalue weighted by molar-refractivity contribution is -0.127. The summed E-state index contributed by atoms with van der Waals surface area (Å²) in [5.41, 5.74) is 5.32. The fourth-order valence-electron chi connectivity index (χ4n) is 1.50. The molecule has 0 aliphatic heterocycles. The lowest BCUT2D eigenvalue weighted by Crippen LogP contribution is -2.40. The van der Waals surface area contributed by atoms with Gasteiger partial charge in [-0.25, -0.2) is 0 Å². The van der Waals surface area contributed by atoms with E-state index >= 15 is 0 Å². The molecule has 0 spiro atoms. The number of carbonyl (C=O) groups is 2. The van der Waals surface area contributed by atoms with E-state index in [0.29, 0.717) is 18.1 Å². The summed E-state index contributed by atoms with van der Waals surface area (Å²) in [6.07, 6.45) is 0.460. The number of amides is 2. The lowest BCUT2D eigenvalue weighted by Gasteiger charge is -2.02. The molecular formula is C13H14N4O3. The summed E-state index contributed by atoms with van der Waals surface area (Å²) in [7, 11) is 0. The van der Waals surface area contributed by atoms with Crippen molar-refractivity contribution in [1.29, 1.82) is 0 Å². The maximum absolute atomic E-state index is 11.4. The average Bonchev–Trinajstić information content (AvgIpc) is 2.93. The monoisotopic (exact) mass is 274 g/mol. The molecule has 0 saturated heterocycles. The molecule has 2 amide bonds. The first kappa shape index (κ1) is 13.7. The van der Waals surface area contributed by atoms with E-state index < -0.39 is 0 Å². The van der Waals surface area contributed by atoms with Crippen molar-refractivity contribution in [1.82, 2.24) is 21.0 Å². The Kier molecular flexibility index (Phi) is 4.43. The van der Waals surface area contributed by atoms with Gasteiger partial charge in [-0.1, -0.05) is 35.5 Å². The van der Waals surface area contributed by atoms with Gasteiger partial charge in [0.2, 0.25) is 23.5 Å². The molecule has 7 nitrogen and oxygen atoms in total. The predicted molar refractivity (Wildman–Crippen MR) is 70.0 cm³/mol. The summed E-state index contributed by atoms with van der Waals surface area (Å²) in [6, 6.07) is 9.41. The quantitative estimate of drug-likeness (QED) is 0.805. The van der Waals surface area contributed by atoms with Crippen LogP contribution in [-0.2, 0) is 16.0 Å². The third-order valence-corrected chi connectivity index (χ3v) is 2.44. The molecule has 104 valence electrons. The van der Waals surface area contributed by atoms with E-state index in [1.165, 1.54) is 6.92 Å². The highest BCUT2D eigenvalue weighted by atomic mass is 16.5. The largest absolute Gasteiger partial charge is 0.339 e. The van der Waals surface area contributed by atoms with Crippen molar-refractivity contribution in [2.75, 3.05) is 0 Å². The van der Waals surface area contributed by atoms with Gasteiger partial charge < -0.3 is 4.52 Å². The number of aryl methyl sites for hydroxylation is 1. The summed E-state index contributed by atoms with van der Waals surface area (Å²) in [4.78, 5) is 26.2. The van der Waals surface area contributed by atoms with Crippen molar-refractivity contribution in [3.8, 4) is 11.4 Å². The van der Waals surface area contributed by atoms with E-state index in [-0.39, 0.29) is 18.2 Å². The molecule has 2 rings (SSSR count). The smallest absolute Gasteiger partial charge is 0.238 e. The van der Waals surface area contributed by atoms with Crippen LogP contribution in [0.1, 0.15) is 19.2 Å². The van der Waals surface area contributed by atoms with Crippen molar-refractivity contribution in [3.05, 3.63) is 36.2 Å². The fourth-order valence-corrected chi connectivity index (χ4v) is 1.50. The third-order valence-electron chi connectivity index (χ3n) is 2.44. The number of benzene rings is 1. The molecule has 0 radical (unpaired) electrons. The number of hydrogen-bond acceptors (Lipinski definition) is 5. The van der Waals surface area contributed by atoms with Gasteiger partial charge in [-0.15, -0.1) is 0 Å². The molecule has 0 atom stereocenters. The molecule has 0 aliphatic carbocycles. The molecule has 0 fully saturated rings. The van der Waals surface area contributed by atoms with Crippen LogP contribution in [0.25, 0.3) is 11.4 Å². The Balaban J connectivity index is 1.87. The molecule has 2 N–H and O–H groups in total. The average molecular weight is 274 g/mol. The summed E-state index contributed by atoms with van der Waals surface area (Å²) < 4.78 is 5.07. The van der Waals surface area contributed by atoms with Crippen molar-refractivity contribution < 1.29 is 14.1 Å². The Morgan fingerprint density at radius 1 is 1.20 bits per heavy atom. The van der Waals surface area contributed by atoms with Crippen LogP contribution in [0.2, 0.25) is 0 Å². The van der Waals surface area contributed by atoms with E-state index in [9.17, 15) is 9.59 Å². The van der Waals surface area contributed by atoms with Crippen molar-refractivity contribution >= 4 is 11.8 Å². The van der Waals surface area contributed by atoms with Crippen molar-refractivity contribution in [3.63, 3.8) is 0 Å². The van der Waals surface area contributed by atoms with Crippen LogP contribution >= 0.6 is 0 Å². The first-order valence-corrected chi connectivity index (χ1v) is 6.08. The first-order chi connectivity index (χ1) is 9.65. The number of hydrogen-bond donors (Lipinski definition) is 2. The number of nitrogens with zero attached hydrogens (tertiary/aromatic N) is 2. The van der Waals surface area contributed by atoms with Gasteiger partial charge in [-0.05, 0) is 0 Å². The Morgan fingerprint density at radius 2 is 1.95 bits per heavy atom. The molecule has 0 bridgehead atoms. The Morgan fingerprint density at radius 3 is 2.65 bits per heavy atom. The first-order valence-electron chi connectivity index (χ1n) is 6.08. The summed E-state index contributed by atoms with van der Waals surface area (Å²) in [5.74, 6) is 0.215. The molecule has 1 aromatic carbocycles. The second-order valence-corrected chi connectivity index (χ2v) is 4.11. The molecule has 0 aliphatic rings. The van der Waals surface area contributed by atoms with Gasteiger partial charge >= 0.3 is 0 Å². The van der Waals surface area contributed by atoms with Crippen LogP contribution in [0, 0.1) is 0 Å². The number of hydrazine groups is 1. The number of nitrogens with one attached hydrogen (secondary N) is 2. The molecule has 20 heavy (non-hydrogen) atoms. The van der Waals surface area contributed by atoms with Crippen LogP contribution < -0.4 is 10.9 Å². The zero-order valence-corrected chi connectivity index (χ0v) is 10.9. The lowest BCUT2D eigenvalue weighted by atomic mass is 10.2. The standard InChI is InChI=1S/C13H14N4O3/c1-9(18)15-16-11(19)7-8-12-14-13(17-20-12)10-5-3-2-4-6-10/h2-6H,7-8H2,1H3,(H,15,18)(H,16,19). The van der Waals surface area contributed by atoms with Crippen molar-refractivity contribution in [2.24, 2.45) is 0 Å². The van der Waals surface area contributed by atoms with Gasteiger partial charge in [0.05, 0.1) is 0 Å². The summed E-state index contributed by atoms with van der Waals surface area (Å²) >= 11 is 0. The van der Waals surface area contributed by atoms with Gasteiger partial charge in [0.1, 0.15) is 0 Å². The highest BCUT2D eigenvalue weighted by Crippen LogP contribution is 2.15. The second-order valence-electron chi connectivity index (χ2n) is 4.11. The molecule has 7 heteroatoms. The van der Waals surface area contributed by atoms with Crippen LogP contribution in [-0.4, -0.2) is 22.0 Å². The number of carbonyl (C=O) groups excluding carboxylic acids is 2. The van der Waals surface area contributed by atoms with Gasteiger partial charge in [0.15, 0.2) is 0 Å². The van der Waals surface area contributed by atoms with Gasteiger partial charge in [-0.3, -0.25) is 20.4 Å². The van der Waals surface area contributed by atoms with E-state index in [1.807, 2.05) is 30.3 Å². The van der Waals surface area contributed by atoms with E-state index in [4.69, 9.17) is 4.52 Å². The van der Waals surface area contributed by atoms with E-state index in [1.54, 1.807) is 0 Å². The maximum atomic E-state index is 11.4. The Labute approximate surface area is 115 Å². The highest BCUT2D eigenvalue weighted by Gasteiger charge is 2.10.